The molecule has 8 heteroatoms. The zero-order chi connectivity index (χ0) is 12.0. The molecule has 86 valence electrons. The van der Waals surface area contributed by atoms with Crippen LogP contribution in [0.5, 0.6) is 0 Å². The SMILES string of the molecule is CC(C)(C)P(=O)(C(F)(F)F)C(F)(F)F. The first kappa shape index (κ1) is 13.8. The molecular formula is C6H9F6OP. The van der Waals surface area contributed by atoms with Crippen LogP contribution in [0.1, 0.15) is 20.8 Å². The van der Waals surface area contributed by atoms with Crippen LogP contribution in [-0.2, 0) is 4.57 Å². The minimum atomic E-state index is -6.27. The molecule has 0 bridgehead atoms. The van der Waals surface area contributed by atoms with Gasteiger partial charge in [-0.05, 0) is 0 Å². The summed E-state index contributed by atoms with van der Waals surface area (Å²) in [6.45, 7) is 1.98. The average Bonchev–Trinajstić information content (AvgIpc) is 1.77. The molecule has 0 heterocycles. The predicted octanol–water partition coefficient (Wildman–Crippen LogP) is 4.19. The fourth-order valence-corrected chi connectivity index (χ4v) is 2.71. The average molecular weight is 242 g/mol. The van der Waals surface area contributed by atoms with Crippen molar-refractivity contribution in [3.8, 4) is 0 Å². The van der Waals surface area contributed by atoms with Gasteiger partial charge in [-0.15, -0.1) is 0 Å². The van der Waals surface area contributed by atoms with Crippen LogP contribution in [0.3, 0.4) is 0 Å². The summed E-state index contributed by atoms with van der Waals surface area (Å²) in [6, 6.07) is 0. The summed E-state index contributed by atoms with van der Waals surface area (Å²) in [6.07, 6.45) is 0. The maximum Gasteiger partial charge on any atom is 0.449 e. The highest BCUT2D eigenvalue weighted by atomic mass is 31.2. The van der Waals surface area contributed by atoms with Gasteiger partial charge in [0.25, 0.3) is 7.14 Å². The molecule has 0 fully saturated rings. The number of hydrogen-bond acceptors (Lipinski definition) is 1. The Morgan fingerprint density at radius 1 is 0.786 bits per heavy atom. The van der Waals surface area contributed by atoms with E-state index in [4.69, 9.17) is 0 Å². The summed E-state index contributed by atoms with van der Waals surface area (Å²) < 4.78 is 83.7. The Kier molecular flexibility index (Phi) is 3.11. The van der Waals surface area contributed by atoms with Crippen molar-refractivity contribution in [2.75, 3.05) is 0 Å². The maximum absolute atomic E-state index is 12.1. The van der Waals surface area contributed by atoms with Crippen molar-refractivity contribution in [3.05, 3.63) is 0 Å². The Morgan fingerprint density at radius 3 is 1.00 bits per heavy atom. The molecule has 0 aliphatic heterocycles. The Morgan fingerprint density at radius 2 is 1.00 bits per heavy atom. The predicted molar refractivity (Wildman–Crippen MR) is 39.5 cm³/mol. The third kappa shape index (κ3) is 1.92. The van der Waals surface area contributed by atoms with E-state index in [1.807, 2.05) is 0 Å². The van der Waals surface area contributed by atoms with Crippen LogP contribution in [0.4, 0.5) is 26.3 Å². The summed E-state index contributed by atoms with van der Waals surface area (Å²) in [5.74, 6) is -11.5. The van der Waals surface area contributed by atoms with Crippen molar-refractivity contribution >= 4 is 7.14 Å². The molecule has 0 radical (unpaired) electrons. The lowest BCUT2D eigenvalue weighted by molar-refractivity contribution is -0.0971. The first-order valence-corrected chi connectivity index (χ1v) is 5.19. The molecule has 0 aromatic carbocycles. The quantitative estimate of drug-likeness (QED) is 0.459. The van der Waals surface area contributed by atoms with Gasteiger partial charge in [-0.25, -0.2) is 0 Å². The molecule has 0 spiro atoms. The molecule has 0 unspecified atom stereocenters. The zero-order valence-electron chi connectivity index (χ0n) is 7.62. The molecule has 0 N–H and O–H groups in total. The van der Waals surface area contributed by atoms with E-state index in [9.17, 15) is 30.9 Å². The minimum absolute atomic E-state index is 0.661. The fraction of sp³-hybridized carbons (Fsp3) is 1.00. The van der Waals surface area contributed by atoms with Gasteiger partial charge >= 0.3 is 11.8 Å². The smallest absolute Gasteiger partial charge is 0.304 e. The van der Waals surface area contributed by atoms with Crippen molar-refractivity contribution in [2.24, 2.45) is 0 Å². The van der Waals surface area contributed by atoms with Crippen LogP contribution in [-0.4, -0.2) is 17.0 Å². The van der Waals surface area contributed by atoms with Crippen molar-refractivity contribution in [1.82, 2.24) is 0 Å². The molecule has 0 rings (SSSR count). The van der Waals surface area contributed by atoms with E-state index in [1.165, 1.54) is 0 Å². The molecule has 14 heavy (non-hydrogen) atoms. The molecule has 1 nitrogen and oxygen atoms in total. The molecule has 0 aromatic rings. The highest BCUT2D eigenvalue weighted by molar-refractivity contribution is 7.67. The molecule has 0 saturated carbocycles. The standard InChI is InChI=1S/C6H9F6OP/c1-4(2,3)14(13,5(7,8)9)6(10,11)12/h1-3H3. The Labute approximate surface area is 76.8 Å². The lowest BCUT2D eigenvalue weighted by Gasteiger charge is -2.33. The number of alkyl halides is 6. The summed E-state index contributed by atoms with van der Waals surface area (Å²) in [5, 5.41) is -2.37. The van der Waals surface area contributed by atoms with Crippen molar-refractivity contribution in [1.29, 1.82) is 0 Å². The van der Waals surface area contributed by atoms with E-state index in [0.717, 1.165) is 0 Å². The summed E-state index contributed by atoms with van der Waals surface area (Å²) in [4.78, 5) is 0. The fourth-order valence-electron chi connectivity index (χ4n) is 0.904. The molecule has 0 aromatic heterocycles. The third-order valence-electron chi connectivity index (χ3n) is 1.66. The van der Waals surface area contributed by atoms with E-state index in [-0.39, 0.29) is 0 Å². The Balaban J connectivity index is 5.69. The van der Waals surface area contributed by atoms with Crippen LogP contribution in [0, 0.1) is 0 Å². The highest BCUT2D eigenvalue weighted by Gasteiger charge is 2.72. The van der Waals surface area contributed by atoms with Crippen molar-refractivity contribution in [2.45, 2.75) is 37.8 Å². The van der Waals surface area contributed by atoms with Gasteiger partial charge in [0, 0.05) is 5.16 Å². The summed E-state index contributed by atoms with van der Waals surface area (Å²) >= 11 is 0. The minimum Gasteiger partial charge on any atom is -0.304 e. The van der Waals surface area contributed by atoms with Crippen LogP contribution in [0.15, 0.2) is 0 Å². The van der Waals surface area contributed by atoms with Crippen LogP contribution < -0.4 is 0 Å². The Hall–Kier alpha value is -0.190. The molecule has 0 amide bonds. The lowest BCUT2D eigenvalue weighted by Crippen LogP contribution is -2.34. The van der Waals surface area contributed by atoms with E-state index < -0.39 is 24.1 Å². The zero-order valence-corrected chi connectivity index (χ0v) is 8.52. The van der Waals surface area contributed by atoms with Crippen molar-refractivity contribution < 1.29 is 30.9 Å². The topological polar surface area (TPSA) is 17.1 Å². The van der Waals surface area contributed by atoms with Crippen molar-refractivity contribution in [3.63, 3.8) is 0 Å². The monoisotopic (exact) mass is 242 g/mol. The van der Waals surface area contributed by atoms with Gasteiger partial charge in [0.05, 0.1) is 0 Å². The second kappa shape index (κ2) is 3.15. The molecule has 0 aliphatic rings. The van der Waals surface area contributed by atoms with Crippen LogP contribution >= 0.6 is 7.14 Å². The van der Waals surface area contributed by atoms with Gasteiger partial charge in [0.2, 0.25) is 0 Å². The number of rotatable bonds is 0. The second-order valence-electron chi connectivity index (χ2n) is 3.72. The van der Waals surface area contributed by atoms with Crippen LogP contribution in [0.25, 0.3) is 0 Å². The number of halogens is 6. The molecule has 0 saturated heterocycles. The molecule has 0 aliphatic carbocycles. The second-order valence-corrected chi connectivity index (χ2v) is 7.29. The largest absolute Gasteiger partial charge is 0.449 e. The Bertz CT molecular complexity index is 214. The van der Waals surface area contributed by atoms with Gasteiger partial charge in [-0.2, -0.15) is 26.3 Å². The van der Waals surface area contributed by atoms with Gasteiger partial charge in [0.15, 0.2) is 0 Å². The molecule has 0 atom stereocenters. The maximum atomic E-state index is 12.1. The first-order chi connectivity index (χ1) is 5.75. The number of hydrogen-bond donors (Lipinski definition) is 0. The van der Waals surface area contributed by atoms with E-state index in [2.05, 4.69) is 0 Å². The normalized spacial score (nSPS) is 15.8. The van der Waals surface area contributed by atoms with Gasteiger partial charge in [-0.1, -0.05) is 20.8 Å². The van der Waals surface area contributed by atoms with E-state index in [1.54, 1.807) is 0 Å². The van der Waals surface area contributed by atoms with E-state index >= 15 is 0 Å². The van der Waals surface area contributed by atoms with Gasteiger partial charge < -0.3 is 4.57 Å². The molecular weight excluding hydrogens is 233 g/mol. The first-order valence-electron chi connectivity index (χ1n) is 3.49. The summed E-state index contributed by atoms with van der Waals surface area (Å²) in [7, 11) is -6.27. The lowest BCUT2D eigenvalue weighted by atomic mass is 10.3. The van der Waals surface area contributed by atoms with Gasteiger partial charge in [0.1, 0.15) is 0 Å². The summed E-state index contributed by atoms with van der Waals surface area (Å²) in [5.41, 5.74) is 0. The van der Waals surface area contributed by atoms with Crippen LogP contribution in [0.2, 0.25) is 0 Å². The van der Waals surface area contributed by atoms with E-state index in [0.29, 0.717) is 20.8 Å². The van der Waals surface area contributed by atoms with Gasteiger partial charge in [-0.3, -0.25) is 0 Å². The highest BCUT2D eigenvalue weighted by Crippen LogP contribution is 2.77. The third-order valence-corrected chi connectivity index (χ3v) is 4.98.